The fourth-order valence-corrected chi connectivity index (χ4v) is 2.44. The average molecular weight is 257 g/mol. The lowest BCUT2D eigenvalue weighted by Gasteiger charge is -2.14. The maximum atomic E-state index is 5.86. The molecule has 1 unspecified atom stereocenters. The van der Waals surface area contributed by atoms with Crippen LogP contribution in [0.2, 0.25) is 5.28 Å². The number of nitrogens with one attached hydrogen (secondary N) is 1. The van der Waals surface area contributed by atoms with Gasteiger partial charge in [-0.3, -0.25) is 5.10 Å². The molecule has 0 saturated heterocycles. The van der Waals surface area contributed by atoms with E-state index in [1.165, 1.54) is 0 Å². The summed E-state index contributed by atoms with van der Waals surface area (Å²) >= 11 is 7.56. The number of hydrogen-bond acceptors (Lipinski definition) is 4. The van der Waals surface area contributed by atoms with Crippen LogP contribution in [0.1, 0.15) is 20.8 Å². The summed E-state index contributed by atoms with van der Waals surface area (Å²) in [7, 11) is 0. The SMILES string of the molecule is CC(C)C(C)Sc1nc(Cl)nc2[nH]ncc12. The van der Waals surface area contributed by atoms with Crippen LogP contribution in [0.5, 0.6) is 0 Å². The summed E-state index contributed by atoms with van der Waals surface area (Å²) < 4.78 is 0. The lowest BCUT2D eigenvalue weighted by atomic mass is 10.2. The van der Waals surface area contributed by atoms with E-state index in [2.05, 4.69) is 40.9 Å². The van der Waals surface area contributed by atoms with Crippen LogP contribution in [0.25, 0.3) is 11.0 Å². The minimum atomic E-state index is 0.259. The van der Waals surface area contributed by atoms with Crippen molar-refractivity contribution in [3.63, 3.8) is 0 Å². The molecule has 0 aliphatic heterocycles. The van der Waals surface area contributed by atoms with Crippen LogP contribution >= 0.6 is 23.4 Å². The molecule has 86 valence electrons. The lowest BCUT2D eigenvalue weighted by molar-refractivity contribution is 0.641. The van der Waals surface area contributed by atoms with Crippen LogP contribution in [0.4, 0.5) is 0 Å². The third-order valence-electron chi connectivity index (χ3n) is 2.48. The molecule has 0 radical (unpaired) electrons. The van der Waals surface area contributed by atoms with Gasteiger partial charge in [0.2, 0.25) is 5.28 Å². The van der Waals surface area contributed by atoms with Gasteiger partial charge >= 0.3 is 0 Å². The molecular weight excluding hydrogens is 244 g/mol. The van der Waals surface area contributed by atoms with E-state index in [9.17, 15) is 0 Å². The summed E-state index contributed by atoms with van der Waals surface area (Å²) in [5.41, 5.74) is 0.693. The predicted molar refractivity (Wildman–Crippen MR) is 66.9 cm³/mol. The zero-order valence-electron chi connectivity index (χ0n) is 9.36. The number of aromatic amines is 1. The molecule has 0 aliphatic rings. The molecule has 2 aromatic heterocycles. The zero-order valence-corrected chi connectivity index (χ0v) is 10.9. The second-order valence-corrected chi connectivity index (χ2v) is 5.70. The van der Waals surface area contributed by atoms with E-state index in [0.29, 0.717) is 16.8 Å². The summed E-state index contributed by atoms with van der Waals surface area (Å²) in [6.07, 6.45) is 1.74. The second kappa shape index (κ2) is 4.59. The maximum Gasteiger partial charge on any atom is 0.225 e. The van der Waals surface area contributed by atoms with E-state index in [4.69, 9.17) is 11.6 Å². The molecule has 2 rings (SSSR count). The van der Waals surface area contributed by atoms with Gasteiger partial charge < -0.3 is 0 Å². The number of hydrogen-bond donors (Lipinski definition) is 1. The Kier molecular flexibility index (Phi) is 3.35. The summed E-state index contributed by atoms with van der Waals surface area (Å²) in [6, 6.07) is 0. The summed E-state index contributed by atoms with van der Waals surface area (Å²) in [4.78, 5) is 8.32. The lowest BCUT2D eigenvalue weighted by Crippen LogP contribution is -2.06. The van der Waals surface area contributed by atoms with E-state index in [0.717, 1.165) is 10.4 Å². The number of rotatable bonds is 3. The van der Waals surface area contributed by atoms with E-state index in [1.54, 1.807) is 18.0 Å². The van der Waals surface area contributed by atoms with Crippen LogP contribution < -0.4 is 0 Å². The number of aromatic nitrogens is 4. The van der Waals surface area contributed by atoms with Crippen molar-refractivity contribution in [2.45, 2.75) is 31.0 Å². The molecule has 4 nitrogen and oxygen atoms in total. The molecule has 2 heterocycles. The Labute approximate surface area is 103 Å². The number of fused-ring (bicyclic) bond motifs is 1. The van der Waals surface area contributed by atoms with Crippen molar-refractivity contribution in [1.29, 1.82) is 0 Å². The summed E-state index contributed by atoms with van der Waals surface area (Å²) in [6.45, 7) is 6.55. The van der Waals surface area contributed by atoms with Gasteiger partial charge in [-0.25, -0.2) is 4.98 Å². The Morgan fingerprint density at radius 2 is 2.06 bits per heavy atom. The van der Waals surface area contributed by atoms with Gasteiger partial charge in [-0.05, 0) is 17.5 Å². The van der Waals surface area contributed by atoms with Gasteiger partial charge in [0.15, 0.2) is 5.65 Å². The quantitative estimate of drug-likeness (QED) is 0.521. The Morgan fingerprint density at radius 1 is 1.31 bits per heavy atom. The Balaban J connectivity index is 2.39. The highest BCUT2D eigenvalue weighted by molar-refractivity contribution is 8.00. The van der Waals surface area contributed by atoms with Crippen molar-refractivity contribution in [2.24, 2.45) is 5.92 Å². The number of halogens is 1. The van der Waals surface area contributed by atoms with Crippen molar-refractivity contribution >= 4 is 34.4 Å². The second-order valence-electron chi connectivity index (χ2n) is 4.00. The molecule has 0 aliphatic carbocycles. The first-order chi connectivity index (χ1) is 7.58. The minimum Gasteiger partial charge on any atom is -0.261 e. The first-order valence-electron chi connectivity index (χ1n) is 5.11. The summed E-state index contributed by atoms with van der Waals surface area (Å²) in [5, 5.41) is 9.32. The first kappa shape index (κ1) is 11.7. The van der Waals surface area contributed by atoms with E-state index >= 15 is 0 Å². The number of nitrogens with zero attached hydrogens (tertiary/aromatic N) is 3. The van der Waals surface area contributed by atoms with Crippen molar-refractivity contribution in [1.82, 2.24) is 20.2 Å². The predicted octanol–water partition coefficient (Wildman–Crippen LogP) is 3.14. The molecule has 6 heteroatoms. The highest BCUT2D eigenvalue weighted by Crippen LogP contribution is 2.31. The van der Waals surface area contributed by atoms with Crippen LogP contribution in [0.15, 0.2) is 11.2 Å². The van der Waals surface area contributed by atoms with Gasteiger partial charge in [0, 0.05) is 5.25 Å². The van der Waals surface area contributed by atoms with Crippen molar-refractivity contribution in [2.75, 3.05) is 0 Å². The smallest absolute Gasteiger partial charge is 0.225 e. The molecule has 0 saturated carbocycles. The van der Waals surface area contributed by atoms with Crippen molar-refractivity contribution in [3.8, 4) is 0 Å². The normalized spacial score (nSPS) is 13.6. The molecule has 0 bridgehead atoms. The van der Waals surface area contributed by atoms with Gasteiger partial charge in [0.25, 0.3) is 0 Å². The molecular formula is C10H13ClN4S. The Bertz CT molecular complexity index is 497. The third kappa shape index (κ3) is 2.30. The minimum absolute atomic E-state index is 0.259. The molecule has 2 aromatic rings. The van der Waals surface area contributed by atoms with Gasteiger partial charge in [-0.1, -0.05) is 20.8 Å². The molecule has 0 spiro atoms. The fraction of sp³-hybridized carbons (Fsp3) is 0.500. The Morgan fingerprint density at radius 3 is 2.75 bits per heavy atom. The van der Waals surface area contributed by atoms with Gasteiger partial charge in [0.1, 0.15) is 5.03 Å². The molecule has 0 amide bonds. The van der Waals surface area contributed by atoms with Gasteiger partial charge in [-0.15, -0.1) is 11.8 Å². The molecule has 1 atom stereocenters. The topological polar surface area (TPSA) is 54.5 Å². The third-order valence-corrected chi connectivity index (χ3v) is 4.10. The number of thioether (sulfide) groups is 1. The van der Waals surface area contributed by atoms with E-state index in [-0.39, 0.29) is 5.28 Å². The van der Waals surface area contributed by atoms with Crippen molar-refractivity contribution < 1.29 is 0 Å². The first-order valence-corrected chi connectivity index (χ1v) is 6.37. The highest BCUT2D eigenvalue weighted by atomic mass is 35.5. The molecule has 16 heavy (non-hydrogen) atoms. The van der Waals surface area contributed by atoms with Crippen LogP contribution in [-0.2, 0) is 0 Å². The summed E-state index contributed by atoms with van der Waals surface area (Å²) in [5.74, 6) is 0.584. The maximum absolute atomic E-state index is 5.86. The number of H-pyrrole nitrogens is 1. The standard InChI is InChI=1S/C10H13ClN4S/c1-5(2)6(3)16-9-7-4-12-15-8(7)13-10(11)14-9/h4-6H,1-3H3,(H,12,13,14,15). The van der Waals surface area contributed by atoms with E-state index < -0.39 is 0 Å². The molecule has 1 N–H and O–H groups in total. The fourth-order valence-electron chi connectivity index (χ4n) is 1.18. The van der Waals surface area contributed by atoms with Crippen LogP contribution in [-0.4, -0.2) is 25.4 Å². The Hall–Kier alpha value is -0.810. The van der Waals surface area contributed by atoms with E-state index in [1.807, 2.05) is 0 Å². The van der Waals surface area contributed by atoms with Crippen molar-refractivity contribution in [3.05, 3.63) is 11.5 Å². The zero-order chi connectivity index (χ0) is 11.7. The van der Waals surface area contributed by atoms with Gasteiger partial charge in [-0.2, -0.15) is 10.1 Å². The van der Waals surface area contributed by atoms with Crippen LogP contribution in [0.3, 0.4) is 0 Å². The highest BCUT2D eigenvalue weighted by Gasteiger charge is 2.14. The molecule has 0 aromatic carbocycles. The largest absolute Gasteiger partial charge is 0.261 e. The average Bonchev–Trinajstić information content (AvgIpc) is 2.65. The molecule has 0 fully saturated rings. The van der Waals surface area contributed by atoms with Gasteiger partial charge in [0.05, 0.1) is 11.6 Å². The van der Waals surface area contributed by atoms with Crippen LogP contribution in [0, 0.1) is 5.92 Å². The monoisotopic (exact) mass is 256 g/mol.